The molecular weight excluding hydrogens is 259 g/mol. The molecule has 0 spiro atoms. The summed E-state index contributed by atoms with van der Waals surface area (Å²) in [6, 6.07) is 5.87. The van der Waals surface area contributed by atoms with Crippen molar-refractivity contribution in [3.63, 3.8) is 0 Å². The first kappa shape index (κ1) is 16.3. The molecule has 0 bridgehead atoms. The predicted molar refractivity (Wildman–Crippen MR) is 84.6 cm³/mol. The lowest BCUT2D eigenvalue weighted by Gasteiger charge is -2.29. The van der Waals surface area contributed by atoms with Gasteiger partial charge in [0.15, 0.2) is 0 Å². The van der Waals surface area contributed by atoms with Crippen molar-refractivity contribution in [2.24, 2.45) is 0 Å². The molecule has 4 heteroatoms. The van der Waals surface area contributed by atoms with Crippen LogP contribution >= 0.6 is 11.8 Å². The van der Waals surface area contributed by atoms with E-state index in [2.05, 4.69) is 44.3 Å². The SMILES string of the molecule is CSCC(C)N(C)c1ccc(F)cc1CNC(C)C. The smallest absolute Gasteiger partial charge is 0.123 e. The minimum atomic E-state index is -0.171. The van der Waals surface area contributed by atoms with Gasteiger partial charge in [0.25, 0.3) is 0 Å². The molecule has 1 rings (SSSR count). The van der Waals surface area contributed by atoms with Gasteiger partial charge >= 0.3 is 0 Å². The lowest BCUT2D eigenvalue weighted by atomic mass is 10.1. The van der Waals surface area contributed by atoms with E-state index in [0.717, 1.165) is 17.0 Å². The van der Waals surface area contributed by atoms with E-state index in [1.807, 2.05) is 17.8 Å². The van der Waals surface area contributed by atoms with Gasteiger partial charge in [-0.15, -0.1) is 0 Å². The first-order chi connectivity index (χ1) is 8.95. The molecule has 0 radical (unpaired) electrons. The molecule has 0 saturated carbocycles. The Morgan fingerprint density at radius 3 is 2.58 bits per heavy atom. The zero-order valence-electron chi connectivity index (χ0n) is 12.5. The Labute approximate surface area is 120 Å². The minimum Gasteiger partial charge on any atom is -0.371 e. The Morgan fingerprint density at radius 1 is 1.32 bits per heavy atom. The lowest BCUT2D eigenvalue weighted by molar-refractivity contribution is 0.579. The van der Waals surface area contributed by atoms with E-state index in [4.69, 9.17) is 0 Å². The standard InChI is InChI=1S/C15H25FN2S/c1-11(2)17-9-13-8-14(16)6-7-15(13)18(4)12(3)10-19-5/h6-8,11-12,17H,9-10H2,1-5H3. The third-order valence-corrected chi connectivity index (χ3v) is 4.01. The fourth-order valence-corrected chi connectivity index (χ4v) is 2.65. The summed E-state index contributed by atoms with van der Waals surface area (Å²) < 4.78 is 13.4. The van der Waals surface area contributed by atoms with E-state index in [1.54, 1.807) is 6.07 Å². The number of nitrogens with zero attached hydrogens (tertiary/aromatic N) is 1. The van der Waals surface area contributed by atoms with Crippen LogP contribution in [-0.2, 0) is 6.54 Å². The van der Waals surface area contributed by atoms with E-state index in [0.29, 0.717) is 18.6 Å². The molecular formula is C15H25FN2S. The number of halogens is 1. The maximum Gasteiger partial charge on any atom is 0.123 e. The van der Waals surface area contributed by atoms with Crippen LogP contribution in [0.2, 0.25) is 0 Å². The second-order valence-electron chi connectivity index (χ2n) is 5.22. The second-order valence-corrected chi connectivity index (χ2v) is 6.13. The first-order valence-electron chi connectivity index (χ1n) is 6.69. The van der Waals surface area contributed by atoms with Gasteiger partial charge < -0.3 is 10.2 Å². The Bertz CT molecular complexity index is 396. The van der Waals surface area contributed by atoms with E-state index in [-0.39, 0.29) is 5.82 Å². The van der Waals surface area contributed by atoms with Crippen LogP contribution in [0.4, 0.5) is 10.1 Å². The van der Waals surface area contributed by atoms with Gasteiger partial charge in [-0.1, -0.05) is 13.8 Å². The summed E-state index contributed by atoms with van der Waals surface area (Å²) in [7, 11) is 2.08. The van der Waals surface area contributed by atoms with E-state index in [9.17, 15) is 4.39 Å². The van der Waals surface area contributed by atoms with Crippen LogP contribution in [0.3, 0.4) is 0 Å². The first-order valence-corrected chi connectivity index (χ1v) is 8.08. The second kappa shape index (κ2) is 7.75. The van der Waals surface area contributed by atoms with Crippen molar-refractivity contribution in [2.75, 3.05) is 24.0 Å². The van der Waals surface area contributed by atoms with Gasteiger partial charge in [0.2, 0.25) is 0 Å². The zero-order chi connectivity index (χ0) is 14.4. The number of thioether (sulfide) groups is 1. The lowest BCUT2D eigenvalue weighted by Crippen LogP contribution is -2.32. The number of hydrogen-bond acceptors (Lipinski definition) is 3. The van der Waals surface area contributed by atoms with Crippen molar-refractivity contribution in [1.29, 1.82) is 0 Å². The summed E-state index contributed by atoms with van der Waals surface area (Å²) in [4.78, 5) is 2.23. The van der Waals surface area contributed by atoms with Crippen LogP contribution in [0.1, 0.15) is 26.3 Å². The van der Waals surface area contributed by atoms with Crippen molar-refractivity contribution in [2.45, 2.75) is 39.4 Å². The monoisotopic (exact) mass is 284 g/mol. The molecule has 0 aliphatic rings. The van der Waals surface area contributed by atoms with Crippen molar-refractivity contribution >= 4 is 17.4 Å². The van der Waals surface area contributed by atoms with Crippen LogP contribution in [0.25, 0.3) is 0 Å². The van der Waals surface area contributed by atoms with Gasteiger partial charge in [-0.25, -0.2) is 4.39 Å². The number of anilines is 1. The highest BCUT2D eigenvalue weighted by Crippen LogP contribution is 2.23. The summed E-state index contributed by atoms with van der Waals surface area (Å²) in [5.74, 6) is 0.889. The molecule has 0 aliphatic carbocycles. The van der Waals surface area contributed by atoms with Crippen LogP contribution in [0.5, 0.6) is 0 Å². The molecule has 0 aliphatic heterocycles. The summed E-state index contributed by atoms with van der Waals surface area (Å²) in [6.07, 6.45) is 2.11. The van der Waals surface area contributed by atoms with Gasteiger partial charge in [-0.2, -0.15) is 11.8 Å². The molecule has 1 unspecified atom stereocenters. The van der Waals surface area contributed by atoms with Crippen LogP contribution in [0.15, 0.2) is 18.2 Å². The average molecular weight is 284 g/mol. The van der Waals surface area contributed by atoms with Crippen molar-refractivity contribution in [1.82, 2.24) is 5.32 Å². The molecule has 0 fully saturated rings. The number of nitrogens with one attached hydrogen (secondary N) is 1. The number of rotatable bonds is 7. The van der Waals surface area contributed by atoms with Crippen LogP contribution in [0, 0.1) is 5.82 Å². The molecule has 1 atom stereocenters. The molecule has 108 valence electrons. The van der Waals surface area contributed by atoms with Gasteiger partial charge in [0.1, 0.15) is 5.82 Å². The molecule has 0 heterocycles. The van der Waals surface area contributed by atoms with Gasteiger partial charge in [0, 0.05) is 37.1 Å². The van der Waals surface area contributed by atoms with Crippen LogP contribution in [-0.4, -0.2) is 31.1 Å². The summed E-state index contributed by atoms with van der Waals surface area (Å²) in [5.41, 5.74) is 2.13. The van der Waals surface area contributed by atoms with E-state index >= 15 is 0 Å². The highest BCUT2D eigenvalue weighted by molar-refractivity contribution is 7.98. The predicted octanol–water partition coefficient (Wildman–Crippen LogP) is 3.51. The third-order valence-electron chi connectivity index (χ3n) is 3.19. The minimum absolute atomic E-state index is 0.171. The van der Waals surface area contributed by atoms with E-state index in [1.165, 1.54) is 6.07 Å². The number of hydrogen-bond donors (Lipinski definition) is 1. The van der Waals surface area contributed by atoms with E-state index < -0.39 is 0 Å². The molecule has 1 N–H and O–H groups in total. The molecule has 2 nitrogen and oxygen atoms in total. The summed E-state index contributed by atoms with van der Waals surface area (Å²) >= 11 is 1.83. The van der Waals surface area contributed by atoms with Gasteiger partial charge in [-0.3, -0.25) is 0 Å². The Morgan fingerprint density at radius 2 is 2.00 bits per heavy atom. The molecule has 19 heavy (non-hydrogen) atoms. The fourth-order valence-electron chi connectivity index (χ4n) is 1.94. The highest BCUT2D eigenvalue weighted by atomic mass is 32.2. The van der Waals surface area contributed by atoms with Crippen molar-refractivity contribution < 1.29 is 4.39 Å². The van der Waals surface area contributed by atoms with Crippen molar-refractivity contribution in [3.05, 3.63) is 29.6 Å². The molecule has 0 saturated heterocycles. The molecule has 1 aromatic carbocycles. The van der Waals surface area contributed by atoms with Gasteiger partial charge in [-0.05, 0) is 36.9 Å². The Hall–Kier alpha value is -0.740. The fraction of sp³-hybridized carbons (Fsp3) is 0.600. The molecule has 0 amide bonds. The largest absolute Gasteiger partial charge is 0.371 e. The Kier molecular flexibility index (Phi) is 6.66. The highest BCUT2D eigenvalue weighted by Gasteiger charge is 2.14. The molecule has 0 aromatic heterocycles. The Balaban J connectivity index is 2.91. The van der Waals surface area contributed by atoms with Crippen molar-refractivity contribution in [3.8, 4) is 0 Å². The quantitative estimate of drug-likeness (QED) is 0.825. The van der Waals surface area contributed by atoms with Crippen LogP contribution < -0.4 is 10.2 Å². The summed E-state index contributed by atoms with van der Waals surface area (Å²) in [5, 5.41) is 3.36. The maximum atomic E-state index is 13.4. The zero-order valence-corrected chi connectivity index (χ0v) is 13.4. The number of benzene rings is 1. The average Bonchev–Trinajstić information content (AvgIpc) is 2.36. The summed E-state index contributed by atoms with van der Waals surface area (Å²) in [6.45, 7) is 7.08. The topological polar surface area (TPSA) is 15.3 Å². The normalized spacial score (nSPS) is 12.8. The van der Waals surface area contributed by atoms with Gasteiger partial charge in [0.05, 0.1) is 0 Å². The third kappa shape index (κ3) is 5.03. The molecule has 1 aromatic rings. The maximum absolute atomic E-state index is 13.4.